The average Bonchev–Trinajstić information content (AvgIpc) is 2.47. The fourth-order valence-electron chi connectivity index (χ4n) is 1.80. The first-order valence-corrected chi connectivity index (χ1v) is 7.30. The lowest BCUT2D eigenvalue weighted by Gasteiger charge is -2.24. The van der Waals surface area contributed by atoms with Crippen LogP contribution in [-0.2, 0) is 14.4 Å². The Hall–Kier alpha value is -2.13. The van der Waals surface area contributed by atoms with Crippen molar-refractivity contribution in [3.8, 4) is 5.75 Å². The number of nitrogens with two attached hydrogens (primary N) is 1. The monoisotopic (exact) mass is 307 g/mol. The second-order valence-corrected chi connectivity index (χ2v) is 5.75. The number of Topliss-reactive ketones (excluding diaryl/α,β-unsaturated/α-hetero) is 1. The van der Waals surface area contributed by atoms with Gasteiger partial charge in [-0.15, -0.1) is 0 Å². The van der Waals surface area contributed by atoms with Gasteiger partial charge in [0.2, 0.25) is 0 Å². The minimum atomic E-state index is -0.452. The minimum Gasteiger partial charge on any atom is -0.492 e. The van der Waals surface area contributed by atoms with E-state index in [2.05, 4.69) is 6.92 Å². The van der Waals surface area contributed by atoms with Crippen LogP contribution in [0.1, 0.15) is 45.6 Å². The molecule has 1 aromatic carbocycles. The molecule has 0 spiro atoms. The molecular weight excluding hydrogens is 282 g/mol. The predicted molar refractivity (Wildman–Crippen MR) is 84.4 cm³/mol. The molecule has 0 saturated carbocycles. The highest BCUT2D eigenvalue weighted by Crippen LogP contribution is 2.26. The summed E-state index contributed by atoms with van der Waals surface area (Å²) >= 11 is 0. The van der Waals surface area contributed by atoms with E-state index in [4.69, 9.17) is 20.1 Å². The van der Waals surface area contributed by atoms with E-state index in [1.165, 1.54) is 0 Å². The van der Waals surface area contributed by atoms with Crippen molar-refractivity contribution in [2.75, 3.05) is 12.3 Å². The molecular formula is C17H25NO4. The molecule has 5 heteroatoms. The largest absolute Gasteiger partial charge is 0.492 e. The minimum absolute atomic E-state index is 0.250. The van der Waals surface area contributed by atoms with Gasteiger partial charge in [-0.25, -0.2) is 0 Å². The van der Waals surface area contributed by atoms with Crippen LogP contribution in [0.3, 0.4) is 0 Å². The number of hydrogen-bond acceptors (Lipinski definition) is 5. The zero-order valence-electron chi connectivity index (χ0n) is 13.8. The molecule has 22 heavy (non-hydrogen) atoms. The van der Waals surface area contributed by atoms with Gasteiger partial charge in [-0.2, -0.15) is 9.59 Å². The van der Waals surface area contributed by atoms with Crippen LogP contribution in [0.2, 0.25) is 0 Å². The predicted octanol–water partition coefficient (Wildman–Crippen LogP) is 3.16. The zero-order valence-corrected chi connectivity index (χ0v) is 13.8. The molecule has 122 valence electrons. The third kappa shape index (κ3) is 6.55. The third-order valence-electron chi connectivity index (χ3n) is 3.43. The number of benzene rings is 1. The Morgan fingerprint density at radius 1 is 1.32 bits per heavy atom. The number of ether oxygens (including phenoxy) is 1. The summed E-state index contributed by atoms with van der Waals surface area (Å²) in [4.78, 5) is 28.3. The number of anilines is 1. The average molecular weight is 307 g/mol. The maximum atomic E-state index is 12.1. The Balaban J connectivity index is 0.00000135. The smallest absolute Gasteiger partial charge is 0.373 e. The maximum Gasteiger partial charge on any atom is 0.373 e. The van der Waals surface area contributed by atoms with Crippen molar-refractivity contribution in [3.63, 3.8) is 0 Å². The van der Waals surface area contributed by atoms with Crippen molar-refractivity contribution < 1.29 is 19.1 Å². The number of ketones is 1. The summed E-state index contributed by atoms with van der Waals surface area (Å²) in [5, 5.41) is 0. The molecule has 2 N–H and O–H groups in total. The molecule has 0 heterocycles. The molecule has 5 nitrogen and oxygen atoms in total. The van der Waals surface area contributed by atoms with Gasteiger partial charge >= 0.3 is 6.15 Å². The van der Waals surface area contributed by atoms with Gasteiger partial charge in [0.05, 0.1) is 5.41 Å². The number of nitrogen functional groups attached to an aromatic ring is 1. The molecule has 0 bridgehead atoms. The Labute approximate surface area is 131 Å². The van der Waals surface area contributed by atoms with Crippen LogP contribution in [0, 0.1) is 12.3 Å². The van der Waals surface area contributed by atoms with Gasteiger partial charge in [-0.3, -0.25) is 4.79 Å². The van der Waals surface area contributed by atoms with Gasteiger partial charge in [0, 0.05) is 17.7 Å². The van der Waals surface area contributed by atoms with Crippen molar-refractivity contribution in [2.45, 2.75) is 47.0 Å². The highest BCUT2D eigenvalue weighted by molar-refractivity contribution is 5.84. The molecule has 0 saturated heterocycles. The van der Waals surface area contributed by atoms with E-state index >= 15 is 0 Å². The molecule has 0 aromatic heterocycles. The van der Waals surface area contributed by atoms with Crippen LogP contribution in [0.4, 0.5) is 5.69 Å². The quantitative estimate of drug-likeness (QED) is 0.782. The third-order valence-corrected chi connectivity index (χ3v) is 3.43. The van der Waals surface area contributed by atoms with Gasteiger partial charge in [-0.1, -0.05) is 19.4 Å². The second kappa shape index (κ2) is 9.74. The molecule has 0 aliphatic rings. The standard InChI is InChI=1S/C16H25NO2.CO2/c1-5-6-10-15(18)16(3,4)11-19-14-9-7-8-13(17)12(14)2;2-1-3/h7-9H,5-6,10-11,17H2,1-4H3;. The topological polar surface area (TPSA) is 86.5 Å². The van der Waals surface area contributed by atoms with Gasteiger partial charge in [0.25, 0.3) is 0 Å². The van der Waals surface area contributed by atoms with Crippen molar-refractivity contribution in [1.82, 2.24) is 0 Å². The van der Waals surface area contributed by atoms with Crippen molar-refractivity contribution >= 4 is 17.6 Å². The summed E-state index contributed by atoms with van der Waals surface area (Å²) in [6.45, 7) is 8.28. The number of carbonyl (C=O) groups is 1. The van der Waals surface area contributed by atoms with Gasteiger partial charge < -0.3 is 10.5 Å². The molecule has 0 fully saturated rings. The van der Waals surface area contributed by atoms with Crippen molar-refractivity contribution in [3.05, 3.63) is 23.8 Å². The molecule has 0 amide bonds. The summed E-state index contributed by atoms with van der Waals surface area (Å²) in [7, 11) is 0. The lowest BCUT2D eigenvalue weighted by molar-refractivity contribution is -0.191. The molecule has 1 aromatic rings. The van der Waals surface area contributed by atoms with Crippen LogP contribution in [-0.4, -0.2) is 18.5 Å². The van der Waals surface area contributed by atoms with E-state index in [-0.39, 0.29) is 11.9 Å². The molecule has 0 radical (unpaired) electrons. The fourth-order valence-corrected chi connectivity index (χ4v) is 1.80. The Kier molecular flexibility index (Phi) is 8.80. The van der Waals surface area contributed by atoms with E-state index in [0.717, 1.165) is 24.2 Å². The van der Waals surface area contributed by atoms with Gasteiger partial charge in [0.15, 0.2) is 0 Å². The number of rotatable bonds is 7. The lowest BCUT2D eigenvalue weighted by Crippen LogP contribution is -2.31. The lowest BCUT2D eigenvalue weighted by atomic mass is 9.86. The Bertz CT molecular complexity index is 517. The number of unbranched alkanes of at least 4 members (excludes halogenated alkanes) is 1. The first-order chi connectivity index (χ1) is 10.3. The van der Waals surface area contributed by atoms with Crippen LogP contribution < -0.4 is 10.5 Å². The van der Waals surface area contributed by atoms with Crippen LogP contribution >= 0.6 is 0 Å². The highest BCUT2D eigenvalue weighted by Gasteiger charge is 2.27. The molecule has 0 aliphatic carbocycles. The van der Waals surface area contributed by atoms with Gasteiger partial charge in [-0.05, 0) is 39.3 Å². The Morgan fingerprint density at radius 3 is 2.45 bits per heavy atom. The normalized spacial score (nSPS) is 10.2. The van der Waals surface area contributed by atoms with Crippen molar-refractivity contribution in [2.24, 2.45) is 5.41 Å². The molecule has 1 rings (SSSR count). The summed E-state index contributed by atoms with van der Waals surface area (Å²) in [6, 6.07) is 5.60. The summed E-state index contributed by atoms with van der Waals surface area (Å²) in [6.07, 6.45) is 2.86. The fraction of sp³-hybridized carbons (Fsp3) is 0.529. The number of carbonyl (C=O) groups excluding carboxylic acids is 3. The zero-order chi connectivity index (χ0) is 17.2. The first-order valence-electron chi connectivity index (χ1n) is 7.30. The van der Waals surface area contributed by atoms with Crippen LogP contribution in [0.15, 0.2) is 18.2 Å². The van der Waals surface area contributed by atoms with E-state index in [1.807, 2.05) is 39.0 Å². The van der Waals surface area contributed by atoms with Crippen molar-refractivity contribution in [1.29, 1.82) is 0 Å². The van der Waals surface area contributed by atoms with E-state index in [1.54, 1.807) is 0 Å². The first kappa shape index (κ1) is 19.9. The van der Waals surface area contributed by atoms with E-state index in [0.29, 0.717) is 18.7 Å². The van der Waals surface area contributed by atoms with Crippen LogP contribution in [0.25, 0.3) is 0 Å². The SMILES string of the molecule is CCCCC(=O)C(C)(C)COc1cccc(N)c1C.O=C=O. The summed E-state index contributed by atoms with van der Waals surface area (Å²) < 4.78 is 5.78. The summed E-state index contributed by atoms with van der Waals surface area (Å²) in [5.74, 6) is 1.02. The maximum absolute atomic E-state index is 12.1. The van der Waals surface area contributed by atoms with E-state index in [9.17, 15) is 4.79 Å². The number of hydrogen-bond donors (Lipinski definition) is 1. The molecule has 0 aliphatic heterocycles. The molecule has 0 unspecified atom stereocenters. The Morgan fingerprint density at radius 2 is 1.91 bits per heavy atom. The van der Waals surface area contributed by atoms with E-state index < -0.39 is 5.41 Å². The van der Waals surface area contributed by atoms with Crippen LogP contribution in [0.5, 0.6) is 5.75 Å². The van der Waals surface area contributed by atoms with Gasteiger partial charge in [0.1, 0.15) is 18.1 Å². The molecule has 0 atom stereocenters. The summed E-state index contributed by atoms with van der Waals surface area (Å²) in [5.41, 5.74) is 7.03. The second-order valence-electron chi connectivity index (χ2n) is 5.75. The highest BCUT2D eigenvalue weighted by atomic mass is 16.5.